The lowest BCUT2D eigenvalue weighted by Gasteiger charge is -2.20. The predicted molar refractivity (Wildman–Crippen MR) is 149 cm³/mol. The maximum absolute atomic E-state index is 13.2. The van der Waals surface area contributed by atoms with Crippen molar-refractivity contribution in [3.8, 4) is 11.4 Å². The fraction of sp³-hybridized carbons (Fsp3) is 0.481. The topological polar surface area (TPSA) is 118 Å². The van der Waals surface area contributed by atoms with Crippen molar-refractivity contribution in [2.75, 3.05) is 6.61 Å². The molecule has 4 aromatic rings. The highest BCUT2D eigenvalue weighted by atomic mass is 28.3. The largest absolute Gasteiger partial charge is 0.386 e. The quantitative estimate of drug-likeness (QED) is 0.220. The Kier molecular flexibility index (Phi) is 7.04. The van der Waals surface area contributed by atoms with Gasteiger partial charge in [0.1, 0.15) is 17.9 Å². The SMILES string of the molecule is CC(C)(C)NC(=O)c1cn(COCC[Si](C)(C)C)c2ncc(-c3[nH]nc4c(C(C)(C)O)cccc34)nc12. The number of ether oxygens (including phenoxy) is 1. The summed E-state index contributed by atoms with van der Waals surface area (Å²) in [5, 5.41) is 22.0. The first-order valence-electron chi connectivity index (χ1n) is 12.6. The summed E-state index contributed by atoms with van der Waals surface area (Å²) in [6.45, 7) is 17.2. The van der Waals surface area contributed by atoms with E-state index in [1.807, 2.05) is 43.5 Å². The average Bonchev–Trinajstić information content (AvgIpc) is 3.35. The van der Waals surface area contributed by atoms with Gasteiger partial charge in [0.05, 0.1) is 28.6 Å². The van der Waals surface area contributed by atoms with Crippen molar-refractivity contribution in [2.45, 2.75) is 78.2 Å². The number of hydrogen-bond donors (Lipinski definition) is 3. The van der Waals surface area contributed by atoms with Gasteiger partial charge < -0.3 is 19.7 Å². The number of benzene rings is 1. The van der Waals surface area contributed by atoms with Crippen LogP contribution in [0.2, 0.25) is 25.7 Å². The third kappa shape index (κ3) is 6.08. The number of hydrogen-bond acceptors (Lipinski definition) is 6. The molecule has 3 heterocycles. The van der Waals surface area contributed by atoms with Crippen LogP contribution in [0.1, 0.15) is 50.5 Å². The van der Waals surface area contributed by atoms with Gasteiger partial charge in [0.2, 0.25) is 0 Å². The second kappa shape index (κ2) is 9.66. The van der Waals surface area contributed by atoms with E-state index >= 15 is 0 Å². The minimum absolute atomic E-state index is 0.219. The third-order valence-electron chi connectivity index (χ3n) is 6.03. The van der Waals surface area contributed by atoms with Gasteiger partial charge in [0.25, 0.3) is 5.91 Å². The Morgan fingerprint density at radius 1 is 1.16 bits per heavy atom. The molecule has 0 atom stereocenters. The van der Waals surface area contributed by atoms with E-state index in [0.717, 1.165) is 11.4 Å². The van der Waals surface area contributed by atoms with Crippen molar-refractivity contribution in [3.05, 3.63) is 41.7 Å². The van der Waals surface area contributed by atoms with Crippen LogP contribution in [0.5, 0.6) is 0 Å². The third-order valence-corrected chi connectivity index (χ3v) is 7.73. The van der Waals surface area contributed by atoms with Crippen molar-refractivity contribution in [2.24, 2.45) is 0 Å². The summed E-state index contributed by atoms with van der Waals surface area (Å²) >= 11 is 0. The summed E-state index contributed by atoms with van der Waals surface area (Å²) < 4.78 is 7.80. The minimum Gasteiger partial charge on any atom is -0.386 e. The van der Waals surface area contributed by atoms with E-state index in [1.54, 1.807) is 26.2 Å². The Labute approximate surface area is 218 Å². The molecule has 4 rings (SSSR count). The number of nitrogens with one attached hydrogen (secondary N) is 2. The summed E-state index contributed by atoms with van der Waals surface area (Å²) in [5.41, 5.74) is 2.69. The number of rotatable bonds is 8. The number of aromatic nitrogens is 5. The second-order valence-electron chi connectivity index (χ2n) is 12.4. The van der Waals surface area contributed by atoms with E-state index in [9.17, 15) is 9.90 Å². The van der Waals surface area contributed by atoms with Crippen LogP contribution in [0, 0.1) is 0 Å². The highest BCUT2D eigenvalue weighted by Gasteiger charge is 2.25. The van der Waals surface area contributed by atoms with Gasteiger partial charge in [0, 0.05) is 37.4 Å². The first-order valence-corrected chi connectivity index (χ1v) is 16.3. The van der Waals surface area contributed by atoms with Gasteiger partial charge in [-0.15, -0.1) is 0 Å². The van der Waals surface area contributed by atoms with Crippen molar-refractivity contribution in [1.82, 2.24) is 30.0 Å². The van der Waals surface area contributed by atoms with Crippen molar-refractivity contribution in [1.29, 1.82) is 0 Å². The maximum Gasteiger partial charge on any atom is 0.255 e. The molecule has 0 unspecified atom stereocenters. The molecular formula is C27H38N6O3Si. The number of fused-ring (bicyclic) bond motifs is 2. The molecular weight excluding hydrogens is 484 g/mol. The second-order valence-corrected chi connectivity index (χ2v) is 18.0. The number of amides is 1. The summed E-state index contributed by atoms with van der Waals surface area (Å²) in [4.78, 5) is 22.8. The molecule has 0 aliphatic rings. The molecule has 0 saturated carbocycles. The van der Waals surface area contributed by atoms with Gasteiger partial charge in [-0.3, -0.25) is 9.89 Å². The van der Waals surface area contributed by atoms with Gasteiger partial charge in [-0.1, -0.05) is 37.8 Å². The lowest BCUT2D eigenvalue weighted by molar-refractivity contribution is 0.0799. The fourth-order valence-corrected chi connectivity index (χ4v) is 4.87. The van der Waals surface area contributed by atoms with Crippen LogP contribution >= 0.6 is 0 Å². The number of nitrogens with zero attached hydrogens (tertiary/aromatic N) is 4. The molecule has 3 aromatic heterocycles. The van der Waals surface area contributed by atoms with Gasteiger partial charge in [0.15, 0.2) is 5.65 Å². The van der Waals surface area contributed by atoms with Crippen LogP contribution in [-0.2, 0) is 17.1 Å². The molecule has 0 spiro atoms. The minimum atomic E-state index is -1.22. The number of carbonyl (C=O) groups is 1. The smallest absolute Gasteiger partial charge is 0.255 e. The van der Waals surface area contributed by atoms with E-state index in [1.165, 1.54) is 0 Å². The Bertz CT molecular complexity index is 1440. The van der Waals surface area contributed by atoms with Crippen LogP contribution in [0.4, 0.5) is 0 Å². The Hall–Kier alpha value is -3.08. The van der Waals surface area contributed by atoms with Gasteiger partial charge in [-0.2, -0.15) is 5.10 Å². The van der Waals surface area contributed by atoms with Crippen molar-refractivity contribution in [3.63, 3.8) is 0 Å². The number of H-pyrrole nitrogens is 1. The van der Waals surface area contributed by atoms with Crippen LogP contribution in [0.3, 0.4) is 0 Å². The lowest BCUT2D eigenvalue weighted by atomic mass is 9.95. The molecule has 1 amide bonds. The molecule has 0 bridgehead atoms. The van der Waals surface area contributed by atoms with Crippen molar-refractivity contribution < 1.29 is 14.6 Å². The summed E-state index contributed by atoms with van der Waals surface area (Å²) in [6, 6.07) is 6.73. The molecule has 198 valence electrons. The summed E-state index contributed by atoms with van der Waals surface area (Å²) in [6.07, 6.45) is 3.44. The van der Waals surface area contributed by atoms with Crippen LogP contribution in [0.25, 0.3) is 33.5 Å². The Morgan fingerprint density at radius 2 is 1.89 bits per heavy atom. The predicted octanol–water partition coefficient (Wildman–Crippen LogP) is 5.04. The number of carbonyl (C=O) groups excluding carboxylic acids is 1. The van der Waals surface area contributed by atoms with Crippen molar-refractivity contribution >= 4 is 36.0 Å². The maximum atomic E-state index is 13.2. The zero-order chi connectivity index (χ0) is 27.2. The van der Waals surface area contributed by atoms with E-state index in [4.69, 9.17) is 14.7 Å². The van der Waals surface area contributed by atoms with Gasteiger partial charge >= 0.3 is 0 Å². The molecule has 1 aromatic carbocycles. The van der Waals surface area contributed by atoms with Crippen LogP contribution in [-0.4, -0.2) is 56.0 Å². The fourth-order valence-electron chi connectivity index (χ4n) is 4.11. The van der Waals surface area contributed by atoms with E-state index in [0.29, 0.717) is 52.5 Å². The number of para-hydroxylation sites is 1. The number of aromatic amines is 1. The molecule has 0 aliphatic carbocycles. The first kappa shape index (κ1) is 27.0. The first-order chi connectivity index (χ1) is 17.1. The van der Waals surface area contributed by atoms with Gasteiger partial charge in [-0.05, 0) is 40.7 Å². The van der Waals surface area contributed by atoms with Gasteiger partial charge in [-0.25, -0.2) is 9.97 Å². The molecule has 0 aliphatic heterocycles. The van der Waals surface area contributed by atoms with E-state index < -0.39 is 19.2 Å². The molecule has 0 fully saturated rings. The Balaban J connectivity index is 1.77. The Morgan fingerprint density at radius 3 is 2.54 bits per heavy atom. The van der Waals surface area contributed by atoms with Crippen LogP contribution < -0.4 is 5.32 Å². The molecule has 37 heavy (non-hydrogen) atoms. The van der Waals surface area contributed by atoms with E-state index in [-0.39, 0.29) is 5.91 Å². The summed E-state index contributed by atoms with van der Waals surface area (Å²) in [5.74, 6) is -0.219. The molecule has 3 N–H and O–H groups in total. The highest BCUT2D eigenvalue weighted by molar-refractivity contribution is 6.76. The van der Waals surface area contributed by atoms with E-state index in [2.05, 4.69) is 35.2 Å². The molecule has 0 radical (unpaired) electrons. The standard InChI is InChI=1S/C27H38N6O3Si/c1-26(2,3)30-25(34)18-15-33(16-36-12-13-37(6,7)8)24-23(18)29-20(14-28-24)22-17-10-9-11-19(27(4,5)35)21(17)31-32-22/h9-11,14-15,35H,12-13,16H2,1-8H3,(H,30,34)(H,31,32). The average molecular weight is 523 g/mol. The lowest BCUT2D eigenvalue weighted by Crippen LogP contribution is -2.40. The monoisotopic (exact) mass is 522 g/mol. The molecule has 9 nitrogen and oxygen atoms in total. The molecule has 0 saturated heterocycles. The molecule has 10 heteroatoms. The highest BCUT2D eigenvalue weighted by Crippen LogP contribution is 2.32. The normalized spacial score (nSPS) is 13.0. The summed E-state index contributed by atoms with van der Waals surface area (Å²) in [7, 11) is -1.22. The zero-order valence-corrected chi connectivity index (χ0v) is 24.1. The van der Waals surface area contributed by atoms with Crippen LogP contribution in [0.15, 0.2) is 30.6 Å². The number of aliphatic hydroxyl groups is 1. The zero-order valence-electron chi connectivity index (χ0n) is 23.1.